The second-order valence-corrected chi connectivity index (χ2v) is 3.52. The van der Waals surface area contributed by atoms with Gasteiger partial charge in [-0.2, -0.15) is 5.06 Å². The standard InChI is InChI=1S/C12H17NO/c1-4-10(2)12(13(3)14)11-8-6-5-7-9-11/h4-10,12,14H,1H2,2-3H3/t10-,12-/m0/s1. The zero-order chi connectivity index (χ0) is 10.6. The van der Waals surface area contributed by atoms with E-state index in [-0.39, 0.29) is 12.0 Å². The summed E-state index contributed by atoms with van der Waals surface area (Å²) in [6.45, 7) is 5.79. The maximum atomic E-state index is 9.55. The van der Waals surface area contributed by atoms with Crippen molar-refractivity contribution >= 4 is 0 Å². The Balaban J connectivity index is 2.94. The van der Waals surface area contributed by atoms with E-state index >= 15 is 0 Å². The van der Waals surface area contributed by atoms with Crippen LogP contribution in [0.1, 0.15) is 18.5 Å². The van der Waals surface area contributed by atoms with E-state index < -0.39 is 0 Å². The Morgan fingerprint density at radius 2 is 1.93 bits per heavy atom. The molecule has 1 rings (SSSR count). The summed E-state index contributed by atoms with van der Waals surface area (Å²) in [4.78, 5) is 0. The van der Waals surface area contributed by atoms with Crippen LogP contribution in [0.4, 0.5) is 0 Å². The summed E-state index contributed by atoms with van der Waals surface area (Å²) in [6.07, 6.45) is 1.85. The molecule has 14 heavy (non-hydrogen) atoms. The van der Waals surface area contributed by atoms with Gasteiger partial charge in [-0.1, -0.05) is 43.3 Å². The van der Waals surface area contributed by atoms with Gasteiger partial charge in [0, 0.05) is 7.05 Å². The lowest BCUT2D eigenvalue weighted by Crippen LogP contribution is -2.25. The van der Waals surface area contributed by atoms with Crippen LogP contribution in [0.3, 0.4) is 0 Å². The molecule has 1 N–H and O–H groups in total. The fourth-order valence-electron chi connectivity index (χ4n) is 1.64. The van der Waals surface area contributed by atoms with E-state index in [1.165, 1.54) is 5.06 Å². The largest absolute Gasteiger partial charge is 0.314 e. The molecule has 1 aromatic carbocycles. The van der Waals surface area contributed by atoms with E-state index in [4.69, 9.17) is 0 Å². The fourth-order valence-corrected chi connectivity index (χ4v) is 1.64. The molecular weight excluding hydrogens is 174 g/mol. The maximum Gasteiger partial charge on any atom is 0.0656 e. The van der Waals surface area contributed by atoms with E-state index in [2.05, 4.69) is 6.58 Å². The summed E-state index contributed by atoms with van der Waals surface area (Å²) < 4.78 is 0. The average molecular weight is 191 g/mol. The molecular formula is C12H17NO. The third-order valence-electron chi connectivity index (χ3n) is 2.41. The Morgan fingerprint density at radius 1 is 1.36 bits per heavy atom. The van der Waals surface area contributed by atoms with Gasteiger partial charge < -0.3 is 5.21 Å². The predicted octanol–water partition coefficient (Wildman–Crippen LogP) is 2.87. The molecule has 2 nitrogen and oxygen atoms in total. The zero-order valence-corrected chi connectivity index (χ0v) is 8.72. The minimum absolute atomic E-state index is 0.0197. The summed E-state index contributed by atoms with van der Waals surface area (Å²) in [7, 11) is 1.66. The lowest BCUT2D eigenvalue weighted by molar-refractivity contribution is -0.114. The molecule has 0 aliphatic heterocycles. The summed E-state index contributed by atoms with van der Waals surface area (Å²) in [6, 6.07) is 9.92. The minimum Gasteiger partial charge on any atom is -0.314 e. The Kier molecular flexibility index (Phi) is 3.86. The van der Waals surface area contributed by atoms with Gasteiger partial charge in [0.2, 0.25) is 0 Å². The molecule has 2 atom stereocenters. The number of nitrogens with zero attached hydrogens (tertiary/aromatic N) is 1. The van der Waals surface area contributed by atoms with E-state index in [0.717, 1.165) is 5.56 Å². The molecule has 0 bridgehead atoms. The summed E-state index contributed by atoms with van der Waals surface area (Å²) in [5.74, 6) is 0.215. The minimum atomic E-state index is -0.0197. The van der Waals surface area contributed by atoms with Crippen LogP contribution in [-0.4, -0.2) is 17.3 Å². The molecule has 0 fully saturated rings. The van der Waals surface area contributed by atoms with Gasteiger partial charge in [-0.3, -0.25) is 0 Å². The smallest absolute Gasteiger partial charge is 0.0656 e. The van der Waals surface area contributed by atoms with Crippen molar-refractivity contribution in [3.05, 3.63) is 48.6 Å². The Labute approximate surface area is 85.4 Å². The summed E-state index contributed by atoms with van der Waals surface area (Å²) in [5.41, 5.74) is 1.10. The van der Waals surface area contributed by atoms with Gasteiger partial charge in [0.15, 0.2) is 0 Å². The van der Waals surface area contributed by atoms with Crippen molar-refractivity contribution in [1.82, 2.24) is 5.06 Å². The molecule has 0 unspecified atom stereocenters. The van der Waals surface area contributed by atoms with Crippen molar-refractivity contribution in [3.63, 3.8) is 0 Å². The number of hydrogen-bond donors (Lipinski definition) is 1. The van der Waals surface area contributed by atoms with Crippen LogP contribution >= 0.6 is 0 Å². The third kappa shape index (κ3) is 2.44. The Hall–Kier alpha value is -1.12. The van der Waals surface area contributed by atoms with Crippen molar-refractivity contribution in [3.8, 4) is 0 Å². The van der Waals surface area contributed by atoms with Gasteiger partial charge in [-0.25, -0.2) is 0 Å². The predicted molar refractivity (Wildman–Crippen MR) is 58.1 cm³/mol. The van der Waals surface area contributed by atoms with Crippen molar-refractivity contribution in [1.29, 1.82) is 0 Å². The molecule has 76 valence electrons. The van der Waals surface area contributed by atoms with E-state index in [0.29, 0.717) is 0 Å². The highest BCUT2D eigenvalue weighted by molar-refractivity contribution is 5.20. The lowest BCUT2D eigenvalue weighted by atomic mass is 9.94. The molecule has 2 heteroatoms. The summed E-state index contributed by atoms with van der Waals surface area (Å²) >= 11 is 0. The van der Waals surface area contributed by atoms with Crippen LogP contribution in [0.15, 0.2) is 43.0 Å². The molecule has 0 saturated carbocycles. The molecule has 0 amide bonds. The Bertz CT molecular complexity index is 282. The van der Waals surface area contributed by atoms with Crippen LogP contribution < -0.4 is 0 Å². The van der Waals surface area contributed by atoms with Crippen LogP contribution in [-0.2, 0) is 0 Å². The van der Waals surface area contributed by atoms with Crippen LogP contribution in [0.5, 0.6) is 0 Å². The van der Waals surface area contributed by atoms with Gasteiger partial charge in [-0.05, 0) is 11.5 Å². The summed E-state index contributed by atoms with van der Waals surface area (Å²) in [5, 5.41) is 10.8. The molecule has 0 heterocycles. The number of benzene rings is 1. The quantitative estimate of drug-likeness (QED) is 0.584. The monoisotopic (exact) mass is 191 g/mol. The first-order valence-corrected chi connectivity index (χ1v) is 4.76. The highest BCUT2D eigenvalue weighted by Gasteiger charge is 2.19. The number of hydroxylamine groups is 2. The van der Waals surface area contributed by atoms with Gasteiger partial charge >= 0.3 is 0 Å². The van der Waals surface area contributed by atoms with Crippen molar-refractivity contribution in [2.45, 2.75) is 13.0 Å². The number of rotatable bonds is 4. The molecule has 0 aliphatic carbocycles. The van der Waals surface area contributed by atoms with E-state index in [9.17, 15) is 5.21 Å². The molecule has 0 aliphatic rings. The molecule has 0 aromatic heterocycles. The number of hydrogen-bond acceptors (Lipinski definition) is 2. The highest BCUT2D eigenvalue weighted by atomic mass is 16.5. The topological polar surface area (TPSA) is 23.5 Å². The SMILES string of the molecule is C=C[C@H](C)[C@@H](c1ccccc1)N(C)O. The van der Waals surface area contributed by atoms with Crippen LogP contribution in [0.25, 0.3) is 0 Å². The average Bonchev–Trinajstić information content (AvgIpc) is 2.19. The van der Waals surface area contributed by atoms with E-state index in [1.54, 1.807) is 7.05 Å². The fraction of sp³-hybridized carbons (Fsp3) is 0.333. The van der Waals surface area contributed by atoms with Gasteiger partial charge in [0.25, 0.3) is 0 Å². The van der Waals surface area contributed by atoms with Crippen molar-refractivity contribution in [2.75, 3.05) is 7.05 Å². The first-order valence-electron chi connectivity index (χ1n) is 4.76. The Morgan fingerprint density at radius 3 is 2.36 bits per heavy atom. The third-order valence-corrected chi connectivity index (χ3v) is 2.41. The molecule has 1 aromatic rings. The van der Waals surface area contributed by atoms with E-state index in [1.807, 2.05) is 43.3 Å². The van der Waals surface area contributed by atoms with Crippen LogP contribution in [0, 0.1) is 5.92 Å². The van der Waals surface area contributed by atoms with Crippen molar-refractivity contribution in [2.24, 2.45) is 5.92 Å². The normalized spacial score (nSPS) is 15.1. The second kappa shape index (κ2) is 4.94. The highest BCUT2D eigenvalue weighted by Crippen LogP contribution is 2.26. The van der Waals surface area contributed by atoms with Gasteiger partial charge in [0.05, 0.1) is 6.04 Å². The van der Waals surface area contributed by atoms with Gasteiger partial charge in [0.1, 0.15) is 0 Å². The van der Waals surface area contributed by atoms with Crippen molar-refractivity contribution < 1.29 is 5.21 Å². The zero-order valence-electron chi connectivity index (χ0n) is 8.72. The van der Waals surface area contributed by atoms with Crippen LogP contribution in [0.2, 0.25) is 0 Å². The second-order valence-electron chi connectivity index (χ2n) is 3.52. The lowest BCUT2D eigenvalue weighted by Gasteiger charge is -2.26. The van der Waals surface area contributed by atoms with Gasteiger partial charge in [-0.15, -0.1) is 6.58 Å². The maximum absolute atomic E-state index is 9.55. The first kappa shape index (κ1) is 11.0. The molecule has 0 spiro atoms. The molecule has 0 radical (unpaired) electrons. The molecule has 0 saturated heterocycles. The first-order chi connectivity index (χ1) is 6.66.